The van der Waals surface area contributed by atoms with Gasteiger partial charge in [-0.2, -0.15) is 0 Å². The monoisotopic (exact) mass is 296 g/mol. The number of aliphatic hydroxyl groups is 1. The Bertz CT molecular complexity index is 549. The third-order valence-electron chi connectivity index (χ3n) is 6.30. The molecule has 3 unspecified atom stereocenters. The maximum Gasteiger partial charge on any atom is 0.145 e. The highest BCUT2D eigenvalue weighted by atomic mass is 35.5. The highest BCUT2D eigenvalue weighted by Gasteiger charge is 2.68. The number of rotatable bonds is 2. The zero-order valence-corrected chi connectivity index (χ0v) is 13.1. The minimum absolute atomic E-state index is 0.115. The first-order chi connectivity index (χ1) is 9.21. The second-order valence-corrected chi connectivity index (χ2v) is 7.88. The maximum atomic E-state index is 14.2. The summed E-state index contributed by atoms with van der Waals surface area (Å²) in [7, 11) is 0. The Labute approximate surface area is 125 Å². The van der Waals surface area contributed by atoms with E-state index in [1.807, 2.05) is 0 Å². The molecule has 2 fully saturated rings. The molecule has 0 spiro atoms. The fourth-order valence-electron chi connectivity index (χ4n) is 4.75. The number of benzene rings is 1. The Balaban J connectivity index is 2.02. The lowest BCUT2D eigenvalue weighted by Gasteiger charge is -2.51. The van der Waals surface area contributed by atoms with Gasteiger partial charge in [0.15, 0.2) is 0 Å². The van der Waals surface area contributed by atoms with Crippen molar-refractivity contribution < 1.29 is 9.50 Å². The summed E-state index contributed by atoms with van der Waals surface area (Å²) in [6, 6.07) is 5.05. The molecule has 1 aromatic carbocycles. The quantitative estimate of drug-likeness (QED) is 0.846. The summed E-state index contributed by atoms with van der Waals surface area (Å²) in [5, 5.41) is 11.6. The standard InChI is InChI=1S/C17H22ClFO/c1-15(2)12-7-8-16(3,10-12)17(15,20)9-11-5-4-6-13(18)14(11)19/h4-6,12,20H,7-10H2,1-3H3. The van der Waals surface area contributed by atoms with Crippen LogP contribution in [-0.2, 0) is 6.42 Å². The number of fused-ring (bicyclic) bond motifs is 2. The van der Waals surface area contributed by atoms with Crippen molar-refractivity contribution in [1.82, 2.24) is 0 Å². The van der Waals surface area contributed by atoms with Crippen LogP contribution in [0.25, 0.3) is 0 Å². The first-order valence-corrected chi connectivity index (χ1v) is 7.74. The van der Waals surface area contributed by atoms with Gasteiger partial charge >= 0.3 is 0 Å². The van der Waals surface area contributed by atoms with Crippen molar-refractivity contribution in [3.8, 4) is 0 Å². The van der Waals surface area contributed by atoms with E-state index in [0.717, 1.165) is 12.8 Å². The van der Waals surface area contributed by atoms with Crippen molar-refractivity contribution in [1.29, 1.82) is 0 Å². The minimum atomic E-state index is -0.867. The Morgan fingerprint density at radius 2 is 2.05 bits per heavy atom. The van der Waals surface area contributed by atoms with Gasteiger partial charge in [-0.3, -0.25) is 0 Å². The number of hydrogen-bond acceptors (Lipinski definition) is 1. The average Bonchev–Trinajstić information content (AvgIpc) is 2.83. The molecule has 2 aliphatic rings. The van der Waals surface area contributed by atoms with Gasteiger partial charge in [0, 0.05) is 6.42 Å². The first kappa shape index (κ1) is 14.3. The van der Waals surface area contributed by atoms with Crippen molar-refractivity contribution >= 4 is 11.6 Å². The van der Waals surface area contributed by atoms with Gasteiger partial charge < -0.3 is 5.11 Å². The van der Waals surface area contributed by atoms with Gasteiger partial charge in [0.2, 0.25) is 0 Å². The van der Waals surface area contributed by atoms with Gasteiger partial charge in [0.1, 0.15) is 5.82 Å². The molecule has 1 aromatic rings. The lowest BCUT2D eigenvalue weighted by atomic mass is 9.58. The molecule has 110 valence electrons. The lowest BCUT2D eigenvalue weighted by molar-refractivity contribution is -0.142. The predicted molar refractivity (Wildman–Crippen MR) is 79.3 cm³/mol. The van der Waals surface area contributed by atoms with Crippen molar-refractivity contribution in [2.24, 2.45) is 16.7 Å². The largest absolute Gasteiger partial charge is 0.388 e. The van der Waals surface area contributed by atoms with Gasteiger partial charge in [-0.25, -0.2) is 4.39 Å². The van der Waals surface area contributed by atoms with Crippen LogP contribution in [0.3, 0.4) is 0 Å². The van der Waals surface area contributed by atoms with Gasteiger partial charge in [0.25, 0.3) is 0 Å². The molecule has 3 atom stereocenters. The van der Waals surface area contributed by atoms with Gasteiger partial charge in [-0.1, -0.05) is 44.5 Å². The molecule has 2 saturated carbocycles. The van der Waals surface area contributed by atoms with Crippen LogP contribution in [0.2, 0.25) is 5.02 Å². The van der Waals surface area contributed by atoms with Crippen molar-refractivity contribution in [3.63, 3.8) is 0 Å². The second-order valence-electron chi connectivity index (χ2n) is 7.47. The summed E-state index contributed by atoms with van der Waals surface area (Å²) in [6.07, 6.45) is 3.59. The van der Waals surface area contributed by atoms with E-state index in [1.165, 1.54) is 6.42 Å². The Kier molecular flexibility index (Phi) is 3.02. The summed E-state index contributed by atoms with van der Waals surface area (Å²) in [6.45, 7) is 6.42. The fraction of sp³-hybridized carbons (Fsp3) is 0.647. The third-order valence-corrected chi connectivity index (χ3v) is 6.60. The van der Waals surface area contributed by atoms with Crippen LogP contribution in [-0.4, -0.2) is 10.7 Å². The zero-order chi connectivity index (χ0) is 14.8. The molecular weight excluding hydrogens is 275 g/mol. The molecule has 20 heavy (non-hydrogen) atoms. The first-order valence-electron chi connectivity index (χ1n) is 7.36. The van der Waals surface area contributed by atoms with E-state index in [0.29, 0.717) is 17.9 Å². The van der Waals surface area contributed by atoms with Crippen LogP contribution in [0.15, 0.2) is 18.2 Å². The zero-order valence-electron chi connectivity index (χ0n) is 12.3. The maximum absolute atomic E-state index is 14.2. The third kappa shape index (κ3) is 1.64. The molecular formula is C17H22ClFO. The van der Waals surface area contributed by atoms with Crippen LogP contribution >= 0.6 is 11.6 Å². The van der Waals surface area contributed by atoms with Crippen LogP contribution in [0, 0.1) is 22.6 Å². The molecule has 0 radical (unpaired) electrons. The van der Waals surface area contributed by atoms with E-state index in [9.17, 15) is 9.50 Å². The summed E-state index contributed by atoms with van der Waals surface area (Å²) < 4.78 is 14.2. The molecule has 2 bridgehead atoms. The van der Waals surface area contributed by atoms with Crippen LogP contribution in [0.5, 0.6) is 0 Å². The van der Waals surface area contributed by atoms with Gasteiger partial charge in [-0.05, 0) is 47.6 Å². The fourth-order valence-corrected chi connectivity index (χ4v) is 4.94. The molecule has 0 aliphatic heterocycles. The van der Waals surface area contributed by atoms with E-state index in [-0.39, 0.29) is 21.7 Å². The predicted octanol–water partition coefficient (Wildman–Crippen LogP) is 4.60. The average molecular weight is 297 g/mol. The van der Waals surface area contributed by atoms with Crippen molar-refractivity contribution in [3.05, 3.63) is 34.6 Å². The SMILES string of the molecule is CC12CCC(C1)C(C)(C)C2(O)Cc1cccc(Cl)c1F. The van der Waals surface area contributed by atoms with Gasteiger partial charge in [0.05, 0.1) is 10.6 Å². The van der Waals surface area contributed by atoms with Crippen LogP contribution < -0.4 is 0 Å². The van der Waals surface area contributed by atoms with E-state index >= 15 is 0 Å². The summed E-state index contributed by atoms with van der Waals surface area (Å²) >= 11 is 5.87. The van der Waals surface area contributed by atoms with Crippen molar-refractivity contribution in [2.45, 2.75) is 52.1 Å². The van der Waals surface area contributed by atoms with E-state index in [4.69, 9.17) is 11.6 Å². The minimum Gasteiger partial charge on any atom is -0.388 e. The van der Waals surface area contributed by atoms with E-state index < -0.39 is 5.60 Å². The summed E-state index contributed by atoms with van der Waals surface area (Å²) in [5.41, 5.74) is -0.638. The molecule has 3 rings (SSSR count). The molecule has 1 nitrogen and oxygen atoms in total. The van der Waals surface area contributed by atoms with Crippen molar-refractivity contribution in [2.75, 3.05) is 0 Å². The highest BCUT2D eigenvalue weighted by molar-refractivity contribution is 6.30. The van der Waals surface area contributed by atoms with Gasteiger partial charge in [-0.15, -0.1) is 0 Å². The molecule has 0 amide bonds. The molecule has 0 saturated heterocycles. The van der Waals surface area contributed by atoms with E-state index in [2.05, 4.69) is 20.8 Å². The smallest absolute Gasteiger partial charge is 0.145 e. The molecule has 3 heteroatoms. The second kappa shape index (κ2) is 4.20. The number of halogens is 2. The Hall–Kier alpha value is -0.600. The van der Waals surface area contributed by atoms with Crippen LogP contribution in [0.1, 0.15) is 45.6 Å². The molecule has 0 aromatic heterocycles. The Morgan fingerprint density at radius 1 is 1.35 bits per heavy atom. The Morgan fingerprint density at radius 3 is 2.65 bits per heavy atom. The number of hydrogen-bond donors (Lipinski definition) is 1. The van der Waals surface area contributed by atoms with Crippen LogP contribution in [0.4, 0.5) is 4.39 Å². The summed E-state index contributed by atoms with van der Waals surface area (Å²) in [5.74, 6) is 0.143. The van der Waals surface area contributed by atoms with E-state index in [1.54, 1.807) is 18.2 Å². The highest BCUT2D eigenvalue weighted by Crippen LogP contribution is 2.68. The molecule has 0 heterocycles. The summed E-state index contributed by atoms with van der Waals surface area (Å²) in [4.78, 5) is 0. The molecule has 1 N–H and O–H groups in total. The lowest BCUT2D eigenvalue weighted by Crippen LogP contribution is -2.55. The topological polar surface area (TPSA) is 20.2 Å². The molecule has 2 aliphatic carbocycles. The normalized spacial score (nSPS) is 38.4.